The molecule has 1 fully saturated rings. The lowest BCUT2D eigenvalue weighted by molar-refractivity contribution is -0.152. The van der Waals surface area contributed by atoms with Crippen LogP contribution < -0.4 is 11.1 Å². The largest absolute Gasteiger partial charge is 0.372 e. The van der Waals surface area contributed by atoms with Crippen molar-refractivity contribution in [2.75, 3.05) is 13.1 Å². The fourth-order valence-electron chi connectivity index (χ4n) is 5.77. The van der Waals surface area contributed by atoms with Crippen molar-refractivity contribution < 1.29 is 14.7 Å². The molecule has 1 saturated heterocycles. The predicted octanol–water partition coefficient (Wildman–Crippen LogP) is 3.32. The zero-order valence-corrected chi connectivity index (χ0v) is 20.3. The van der Waals surface area contributed by atoms with E-state index in [2.05, 4.69) is 11.4 Å². The van der Waals surface area contributed by atoms with Crippen LogP contribution in [0, 0.1) is 0 Å². The minimum Gasteiger partial charge on any atom is -0.372 e. The molecule has 0 radical (unpaired) electrons. The van der Waals surface area contributed by atoms with Crippen LogP contribution in [0.25, 0.3) is 0 Å². The Morgan fingerprint density at radius 2 is 2.03 bits per heavy atom. The lowest BCUT2D eigenvalue weighted by Gasteiger charge is -2.34. The number of nitrogens with two attached hydrogens (primary N) is 1. The van der Waals surface area contributed by atoms with E-state index in [1.165, 1.54) is 0 Å². The lowest BCUT2D eigenvalue weighted by Crippen LogP contribution is -2.53. The summed E-state index contributed by atoms with van der Waals surface area (Å²) in [5.41, 5.74) is 8.23. The first-order chi connectivity index (χ1) is 16.9. The minimum atomic E-state index is -1.75. The molecule has 0 saturated carbocycles. The van der Waals surface area contributed by atoms with Gasteiger partial charge in [-0.1, -0.05) is 60.2 Å². The van der Waals surface area contributed by atoms with Crippen molar-refractivity contribution >= 4 is 23.4 Å². The second-order valence-corrected chi connectivity index (χ2v) is 9.90. The third-order valence-corrected chi connectivity index (χ3v) is 7.70. The average molecular weight is 492 g/mol. The summed E-state index contributed by atoms with van der Waals surface area (Å²) in [5.74, 6) is -0.666. The quantitative estimate of drug-likeness (QED) is 0.577. The van der Waals surface area contributed by atoms with Gasteiger partial charge < -0.3 is 21.1 Å². The predicted molar refractivity (Wildman–Crippen MR) is 136 cm³/mol. The molecule has 3 aliphatic rings. The van der Waals surface area contributed by atoms with Crippen LogP contribution >= 0.6 is 11.6 Å². The van der Waals surface area contributed by atoms with E-state index < -0.39 is 17.6 Å². The number of rotatable bonds is 6. The molecule has 2 aromatic rings. The van der Waals surface area contributed by atoms with Gasteiger partial charge in [0.15, 0.2) is 5.60 Å². The Morgan fingerprint density at radius 3 is 2.86 bits per heavy atom. The second-order valence-electron chi connectivity index (χ2n) is 9.46. The van der Waals surface area contributed by atoms with E-state index in [0.717, 1.165) is 23.1 Å². The molecule has 3 atom stereocenters. The Bertz CT molecular complexity index is 1220. The molecule has 2 aromatic carbocycles. The van der Waals surface area contributed by atoms with E-state index in [1.54, 1.807) is 4.90 Å². The highest BCUT2D eigenvalue weighted by Gasteiger charge is 2.55. The summed E-state index contributed by atoms with van der Waals surface area (Å²) >= 11 is 6.17. The molecule has 1 aliphatic heterocycles. The maximum atomic E-state index is 14.0. The molecule has 7 heteroatoms. The maximum absolute atomic E-state index is 14.0. The Hall–Kier alpha value is -2.93. The molecule has 2 aliphatic carbocycles. The first kappa shape index (κ1) is 23.8. The van der Waals surface area contributed by atoms with Crippen LogP contribution in [-0.4, -0.2) is 41.0 Å². The number of amides is 2. The molecular formula is C28H30ClN3O3. The number of likely N-dealkylation sites (tertiary alicyclic amines) is 1. The second kappa shape index (κ2) is 9.61. The van der Waals surface area contributed by atoms with Crippen LogP contribution in [0.1, 0.15) is 47.4 Å². The van der Waals surface area contributed by atoms with Gasteiger partial charge in [-0.2, -0.15) is 0 Å². The van der Waals surface area contributed by atoms with Gasteiger partial charge in [-0.15, -0.1) is 0 Å². The SMILES string of the molecule is NCCc1ccc(Cl)cc1CNC(=O)C1CCCN1C(=O)C1(O)C2=CC=CCC2c2ccccc21. The summed E-state index contributed by atoms with van der Waals surface area (Å²) in [6.45, 7) is 1.24. The molecule has 35 heavy (non-hydrogen) atoms. The first-order valence-corrected chi connectivity index (χ1v) is 12.6. The van der Waals surface area contributed by atoms with E-state index in [9.17, 15) is 14.7 Å². The zero-order chi connectivity index (χ0) is 24.6. The third-order valence-electron chi connectivity index (χ3n) is 7.46. The average Bonchev–Trinajstić information content (AvgIpc) is 3.47. The number of halogens is 1. The van der Waals surface area contributed by atoms with Gasteiger partial charge in [0.2, 0.25) is 5.91 Å². The normalized spacial score (nSPS) is 24.7. The maximum Gasteiger partial charge on any atom is 0.264 e. The summed E-state index contributed by atoms with van der Waals surface area (Å²) in [5, 5.41) is 15.5. The number of carbonyl (C=O) groups excluding carboxylic acids is 2. The number of aliphatic hydroxyl groups is 1. The van der Waals surface area contributed by atoms with Crippen LogP contribution in [0.3, 0.4) is 0 Å². The standard InChI is InChI=1S/C28H30ClN3O3/c29-20-12-11-18(13-14-30)19(16-20)17-31-26(33)25-10-5-15-32(25)27(34)28(35)23-8-3-1-6-21(23)22-7-2-4-9-24(22)28/h1-4,6,8-9,11-12,16,22,25,35H,5,7,10,13-15,17,30H2,(H,31,33). The van der Waals surface area contributed by atoms with Crippen LogP contribution in [0.4, 0.5) is 0 Å². The number of allylic oxidation sites excluding steroid dienone is 3. The van der Waals surface area contributed by atoms with E-state index in [1.807, 2.05) is 54.6 Å². The van der Waals surface area contributed by atoms with Crippen LogP contribution in [-0.2, 0) is 28.2 Å². The number of nitrogens with one attached hydrogen (secondary N) is 1. The van der Waals surface area contributed by atoms with Crippen molar-refractivity contribution in [1.29, 1.82) is 0 Å². The molecule has 5 rings (SSSR count). The van der Waals surface area contributed by atoms with E-state index in [-0.39, 0.29) is 11.8 Å². The third kappa shape index (κ3) is 4.10. The van der Waals surface area contributed by atoms with E-state index in [4.69, 9.17) is 17.3 Å². The van der Waals surface area contributed by atoms with E-state index >= 15 is 0 Å². The topological polar surface area (TPSA) is 95.7 Å². The molecular weight excluding hydrogens is 462 g/mol. The molecule has 1 heterocycles. The molecule has 182 valence electrons. The summed E-state index contributed by atoms with van der Waals surface area (Å²) in [4.78, 5) is 28.8. The molecule has 0 aromatic heterocycles. The van der Waals surface area contributed by atoms with Crippen molar-refractivity contribution in [3.05, 3.63) is 93.5 Å². The van der Waals surface area contributed by atoms with Crippen molar-refractivity contribution in [3.63, 3.8) is 0 Å². The van der Waals surface area contributed by atoms with Crippen molar-refractivity contribution in [3.8, 4) is 0 Å². The van der Waals surface area contributed by atoms with Crippen molar-refractivity contribution in [2.24, 2.45) is 5.73 Å². The summed E-state index contributed by atoms with van der Waals surface area (Å²) in [6.07, 6.45) is 8.51. The van der Waals surface area contributed by atoms with Gasteiger partial charge in [0.25, 0.3) is 5.91 Å². The Kier molecular flexibility index (Phi) is 6.53. The highest BCUT2D eigenvalue weighted by Crippen LogP contribution is 2.52. The van der Waals surface area contributed by atoms with Crippen LogP contribution in [0.5, 0.6) is 0 Å². The molecule has 3 unspecified atom stereocenters. The number of hydrogen-bond acceptors (Lipinski definition) is 4. The van der Waals surface area contributed by atoms with Crippen LogP contribution in [0.15, 0.2) is 66.3 Å². The highest BCUT2D eigenvalue weighted by molar-refractivity contribution is 6.30. The summed E-state index contributed by atoms with van der Waals surface area (Å²) < 4.78 is 0. The van der Waals surface area contributed by atoms with Crippen molar-refractivity contribution in [2.45, 2.75) is 49.8 Å². The Balaban J connectivity index is 1.38. The van der Waals surface area contributed by atoms with Gasteiger partial charge in [-0.25, -0.2) is 0 Å². The van der Waals surface area contributed by atoms with Crippen molar-refractivity contribution in [1.82, 2.24) is 10.2 Å². The summed E-state index contributed by atoms with van der Waals surface area (Å²) in [6, 6.07) is 12.6. The molecule has 0 bridgehead atoms. The lowest BCUT2D eigenvalue weighted by atomic mass is 9.84. The fourth-order valence-corrected chi connectivity index (χ4v) is 5.96. The van der Waals surface area contributed by atoms with Crippen LogP contribution in [0.2, 0.25) is 5.02 Å². The Labute approximate surface area is 210 Å². The van der Waals surface area contributed by atoms with Gasteiger partial charge in [0.1, 0.15) is 6.04 Å². The number of fused-ring (bicyclic) bond motifs is 3. The smallest absolute Gasteiger partial charge is 0.264 e. The molecule has 6 nitrogen and oxygen atoms in total. The highest BCUT2D eigenvalue weighted by atomic mass is 35.5. The van der Waals surface area contributed by atoms with E-state index in [0.29, 0.717) is 55.1 Å². The minimum absolute atomic E-state index is 0.0242. The van der Waals surface area contributed by atoms with Gasteiger partial charge in [-0.05, 0) is 66.6 Å². The monoisotopic (exact) mass is 491 g/mol. The Morgan fingerprint density at radius 1 is 1.20 bits per heavy atom. The van der Waals surface area contributed by atoms with Gasteiger partial charge in [0.05, 0.1) is 0 Å². The molecule has 4 N–H and O–H groups in total. The van der Waals surface area contributed by atoms with Gasteiger partial charge in [-0.3, -0.25) is 9.59 Å². The summed E-state index contributed by atoms with van der Waals surface area (Å²) in [7, 11) is 0. The number of nitrogens with zero attached hydrogens (tertiary/aromatic N) is 1. The van der Waals surface area contributed by atoms with Gasteiger partial charge in [0, 0.05) is 29.6 Å². The first-order valence-electron chi connectivity index (χ1n) is 12.2. The molecule has 0 spiro atoms. The fraction of sp³-hybridized carbons (Fsp3) is 0.357. The number of hydrogen-bond donors (Lipinski definition) is 3. The molecule has 2 amide bonds. The van der Waals surface area contributed by atoms with Gasteiger partial charge >= 0.3 is 0 Å². The number of benzene rings is 2. The number of carbonyl (C=O) groups is 2. The zero-order valence-electron chi connectivity index (χ0n) is 19.5.